The first-order chi connectivity index (χ1) is 9.02. The van der Waals surface area contributed by atoms with Crippen LogP contribution in [0, 0.1) is 5.41 Å². The van der Waals surface area contributed by atoms with Crippen molar-refractivity contribution < 1.29 is 14.7 Å². The van der Waals surface area contributed by atoms with Crippen molar-refractivity contribution >= 4 is 23.2 Å². The van der Waals surface area contributed by atoms with Gasteiger partial charge in [0.15, 0.2) is 0 Å². The average molecular weight is 281 g/mol. The summed E-state index contributed by atoms with van der Waals surface area (Å²) in [6, 6.07) is 4.07. The maximum Gasteiger partial charge on any atom is 0.310 e. The van der Waals surface area contributed by atoms with Crippen LogP contribution in [0.25, 0.3) is 0 Å². The second kappa shape index (κ2) is 5.74. The predicted molar refractivity (Wildman–Crippen MR) is 74.2 cm³/mol. The molecule has 1 aliphatic carbocycles. The van der Waals surface area contributed by atoms with Crippen LogP contribution < -0.4 is 5.32 Å². The smallest absolute Gasteiger partial charge is 0.310 e. The molecule has 19 heavy (non-hydrogen) atoms. The molecule has 1 amide bonds. The van der Waals surface area contributed by atoms with Crippen molar-refractivity contribution in [2.75, 3.05) is 0 Å². The third-order valence-electron chi connectivity index (χ3n) is 3.76. The average Bonchev–Trinajstić information content (AvgIpc) is 2.75. The lowest BCUT2D eigenvalue weighted by molar-refractivity contribution is -0.157. The third-order valence-corrected chi connectivity index (χ3v) is 4.66. The van der Waals surface area contributed by atoms with E-state index in [1.54, 1.807) is 11.3 Å². The molecule has 1 heterocycles. The Balaban J connectivity index is 1.82. The molecule has 1 saturated carbocycles. The van der Waals surface area contributed by atoms with Crippen LogP contribution in [-0.4, -0.2) is 23.0 Å². The van der Waals surface area contributed by atoms with Crippen LogP contribution in [0.2, 0.25) is 0 Å². The first kappa shape index (κ1) is 14.1. The number of carbonyl (C=O) groups excluding carboxylic acids is 1. The summed E-state index contributed by atoms with van der Waals surface area (Å²) in [5, 5.41) is 14.1. The van der Waals surface area contributed by atoms with Gasteiger partial charge in [0.05, 0.1) is 5.41 Å². The molecule has 0 bridgehead atoms. The normalized spacial score (nSPS) is 18.4. The lowest BCUT2D eigenvalue weighted by Gasteiger charge is -2.37. The molecule has 1 unspecified atom stereocenters. The van der Waals surface area contributed by atoms with Crippen LogP contribution in [0.3, 0.4) is 0 Å². The standard InChI is InChI=1S/C14H19NO3S/c1-10(8-11-4-2-7-19-11)15-12(16)9-14(13(17)18)5-3-6-14/h2,4,7,10H,3,5-6,8-9H2,1H3,(H,15,16)(H,17,18). The lowest BCUT2D eigenvalue weighted by atomic mass is 9.66. The molecule has 5 heteroatoms. The molecule has 0 aliphatic heterocycles. The molecule has 0 radical (unpaired) electrons. The number of aliphatic carboxylic acids is 1. The number of carboxylic acids is 1. The van der Waals surface area contributed by atoms with Gasteiger partial charge in [-0.25, -0.2) is 0 Å². The highest BCUT2D eigenvalue weighted by molar-refractivity contribution is 7.09. The van der Waals surface area contributed by atoms with E-state index in [0.717, 1.165) is 12.8 Å². The second-order valence-corrected chi connectivity index (χ2v) is 6.40. The van der Waals surface area contributed by atoms with E-state index >= 15 is 0 Å². The molecular formula is C14H19NO3S. The number of nitrogens with one attached hydrogen (secondary N) is 1. The zero-order valence-corrected chi connectivity index (χ0v) is 11.8. The van der Waals surface area contributed by atoms with Gasteiger partial charge in [0.25, 0.3) is 0 Å². The molecule has 4 nitrogen and oxygen atoms in total. The van der Waals surface area contributed by atoms with Gasteiger partial charge in [0.2, 0.25) is 5.91 Å². The van der Waals surface area contributed by atoms with Crippen molar-refractivity contribution in [1.82, 2.24) is 5.32 Å². The molecule has 0 spiro atoms. The predicted octanol–water partition coefficient (Wildman–Crippen LogP) is 2.44. The largest absolute Gasteiger partial charge is 0.481 e. The van der Waals surface area contributed by atoms with Crippen LogP contribution in [0.15, 0.2) is 17.5 Å². The minimum absolute atomic E-state index is 0.0390. The molecule has 1 atom stereocenters. The van der Waals surface area contributed by atoms with Crippen LogP contribution in [0.1, 0.15) is 37.5 Å². The Morgan fingerprint density at radius 3 is 2.74 bits per heavy atom. The minimum Gasteiger partial charge on any atom is -0.481 e. The number of carbonyl (C=O) groups is 2. The van der Waals surface area contributed by atoms with Crippen molar-refractivity contribution in [3.8, 4) is 0 Å². The van der Waals surface area contributed by atoms with Gasteiger partial charge in [-0.1, -0.05) is 12.5 Å². The summed E-state index contributed by atoms with van der Waals surface area (Å²) < 4.78 is 0. The fraction of sp³-hybridized carbons (Fsp3) is 0.571. The molecule has 104 valence electrons. The minimum atomic E-state index is -0.834. The fourth-order valence-electron chi connectivity index (χ4n) is 2.48. The molecule has 2 N–H and O–H groups in total. The highest BCUT2D eigenvalue weighted by Crippen LogP contribution is 2.44. The van der Waals surface area contributed by atoms with Crippen LogP contribution >= 0.6 is 11.3 Å². The van der Waals surface area contributed by atoms with Crippen LogP contribution in [-0.2, 0) is 16.0 Å². The first-order valence-corrected chi connectivity index (χ1v) is 7.45. The van der Waals surface area contributed by atoms with Gasteiger partial charge < -0.3 is 10.4 Å². The number of amides is 1. The SMILES string of the molecule is CC(Cc1cccs1)NC(=O)CC1(C(=O)O)CCC1. The van der Waals surface area contributed by atoms with E-state index in [-0.39, 0.29) is 18.4 Å². The summed E-state index contributed by atoms with van der Waals surface area (Å²) in [5.41, 5.74) is -0.799. The van der Waals surface area contributed by atoms with E-state index in [4.69, 9.17) is 0 Å². The Labute approximate surface area is 116 Å². The number of hydrogen-bond donors (Lipinski definition) is 2. The summed E-state index contributed by atoms with van der Waals surface area (Å²) >= 11 is 1.67. The van der Waals surface area contributed by atoms with Gasteiger partial charge in [-0.3, -0.25) is 9.59 Å². The Bertz CT molecular complexity index is 451. The van der Waals surface area contributed by atoms with Crippen molar-refractivity contribution in [3.05, 3.63) is 22.4 Å². The Hall–Kier alpha value is -1.36. The summed E-state index contributed by atoms with van der Waals surface area (Å²) in [4.78, 5) is 24.4. The quantitative estimate of drug-likeness (QED) is 0.841. The molecule has 0 saturated heterocycles. The van der Waals surface area contributed by atoms with Gasteiger partial charge in [-0.2, -0.15) is 0 Å². The zero-order chi connectivity index (χ0) is 13.9. The van der Waals surface area contributed by atoms with Crippen molar-refractivity contribution in [2.24, 2.45) is 5.41 Å². The van der Waals surface area contributed by atoms with E-state index in [9.17, 15) is 14.7 Å². The first-order valence-electron chi connectivity index (χ1n) is 6.57. The van der Waals surface area contributed by atoms with Gasteiger partial charge in [-0.15, -0.1) is 11.3 Å². The summed E-state index contributed by atoms with van der Waals surface area (Å²) in [5.74, 6) is -0.981. The molecular weight excluding hydrogens is 262 g/mol. The lowest BCUT2D eigenvalue weighted by Crippen LogP contribution is -2.44. The summed E-state index contributed by atoms with van der Waals surface area (Å²) in [6.07, 6.45) is 3.05. The number of hydrogen-bond acceptors (Lipinski definition) is 3. The van der Waals surface area contributed by atoms with Gasteiger partial charge in [0.1, 0.15) is 0 Å². The highest BCUT2D eigenvalue weighted by atomic mass is 32.1. The van der Waals surface area contributed by atoms with E-state index in [2.05, 4.69) is 5.32 Å². The van der Waals surface area contributed by atoms with Gasteiger partial charge in [-0.05, 0) is 31.2 Å². The van der Waals surface area contributed by atoms with Gasteiger partial charge >= 0.3 is 5.97 Å². The maximum absolute atomic E-state index is 11.9. The molecule has 0 aromatic carbocycles. The van der Waals surface area contributed by atoms with Crippen LogP contribution in [0.4, 0.5) is 0 Å². The van der Waals surface area contributed by atoms with Crippen molar-refractivity contribution in [3.63, 3.8) is 0 Å². The number of thiophene rings is 1. The number of rotatable bonds is 6. The van der Waals surface area contributed by atoms with E-state index in [1.165, 1.54) is 4.88 Å². The molecule has 2 rings (SSSR count). The van der Waals surface area contributed by atoms with Gasteiger partial charge in [0, 0.05) is 23.8 Å². The van der Waals surface area contributed by atoms with Crippen molar-refractivity contribution in [2.45, 2.75) is 45.1 Å². The fourth-order valence-corrected chi connectivity index (χ4v) is 3.32. The third kappa shape index (κ3) is 3.35. The van der Waals surface area contributed by atoms with E-state index in [1.807, 2.05) is 24.4 Å². The molecule has 1 aromatic heterocycles. The van der Waals surface area contributed by atoms with Crippen molar-refractivity contribution in [1.29, 1.82) is 0 Å². The topological polar surface area (TPSA) is 66.4 Å². The number of carboxylic acid groups (broad SMARTS) is 1. The molecule has 1 aliphatic rings. The summed E-state index contributed by atoms with van der Waals surface area (Å²) in [7, 11) is 0. The highest BCUT2D eigenvalue weighted by Gasteiger charge is 2.45. The van der Waals surface area contributed by atoms with Crippen LogP contribution in [0.5, 0.6) is 0 Å². The second-order valence-electron chi connectivity index (χ2n) is 5.37. The monoisotopic (exact) mass is 281 g/mol. The van der Waals surface area contributed by atoms with E-state index < -0.39 is 11.4 Å². The Morgan fingerprint density at radius 1 is 1.53 bits per heavy atom. The maximum atomic E-state index is 11.9. The Morgan fingerprint density at radius 2 is 2.26 bits per heavy atom. The molecule has 1 aromatic rings. The summed E-state index contributed by atoms with van der Waals surface area (Å²) in [6.45, 7) is 1.95. The zero-order valence-electron chi connectivity index (χ0n) is 11.0. The van der Waals surface area contributed by atoms with E-state index in [0.29, 0.717) is 12.8 Å². The Kier molecular flexibility index (Phi) is 4.24. The molecule has 1 fully saturated rings.